The van der Waals surface area contributed by atoms with Crippen LogP contribution in [0.5, 0.6) is 0 Å². The van der Waals surface area contributed by atoms with Crippen molar-refractivity contribution in [1.82, 2.24) is 15.0 Å². The molecule has 3 heteroatoms. The minimum Gasteiger partial charge on any atom is -0.257 e. The molecule has 3 aromatic heterocycles. The summed E-state index contributed by atoms with van der Waals surface area (Å²) in [6.07, 6.45) is 1.79. The molecular weight excluding hydrogens is 318 g/mol. The van der Waals surface area contributed by atoms with Gasteiger partial charge < -0.3 is 0 Å². The number of aromatic nitrogens is 3. The number of aryl methyl sites for hydroxylation is 2. The van der Waals surface area contributed by atoms with Crippen molar-refractivity contribution in [3.05, 3.63) is 88.8 Å². The molecule has 0 saturated carbocycles. The maximum Gasteiger partial charge on any atom is 0.0523 e. The number of hydrogen-bond donors (Lipinski definition) is 0. The summed E-state index contributed by atoms with van der Waals surface area (Å²) in [6.45, 7) is 8.82. The minimum absolute atomic E-state index is 0.248. The molecule has 132 valence electrons. The molecule has 0 radical (unpaired) electrons. The predicted molar refractivity (Wildman–Crippen MR) is 104 cm³/mol. The Morgan fingerprint density at radius 3 is 1.31 bits per heavy atom. The zero-order chi connectivity index (χ0) is 18.4. The van der Waals surface area contributed by atoms with E-state index in [0.29, 0.717) is 0 Å². The highest BCUT2D eigenvalue weighted by Gasteiger charge is 2.31. The van der Waals surface area contributed by atoms with Crippen molar-refractivity contribution in [2.75, 3.05) is 0 Å². The molecule has 0 saturated heterocycles. The lowest BCUT2D eigenvalue weighted by atomic mass is 9.81. The molecule has 0 atom stereocenters. The largest absolute Gasteiger partial charge is 0.257 e. The summed E-state index contributed by atoms with van der Waals surface area (Å²) in [5.41, 5.74) is 5.94. The average molecular weight is 343 g/mol. The fraction of sp³-hybridized carbons (Fsp3) is 0.348. The molecule has 0 aromatic carbocycles. The first kappa shape index (κ1) is 16.9. The summed E-state index contributed by atoms with van der Waals surface area (Å²) >= 11 is 0. The molecule has 3 nitrogen and oxygen atoms in total. The van der Waals surface area contributed by atoms with Gasteiger partial charge in [-0.3, -0.25) is 15.0 Å². The number of rotatable bonds is 0. The number of pyridine rings is 3. The molecule has 4 rings (SSSR count). The molecule has 6 bridgehead atoms. The molecule has 0 fully saturated rings. The lowest BCUT2D eigenvalue weighted by molar-refractivity contribution is 0.556. The van der Waals surface area contributed by atoms with E-state index >= 15 is 0 Å². The van der Waals surface area contributed by atoms with E-state index in [1.807, 2.05) is 0 Å². The number of fused-ring (bicyclic) bond motifs is 6. The van der Waals surface area contributed by atoms with E-state index in [9.17, 15) is 0 Å². The summed E-state index contributed by atoms with van der Waals surface area (Å²) in [7, 11) is 0. The highest BCUT2D eigenvalue weighted by Crippen LogP contribution is 2.34. The van der Waals surface area contributed by atoms with Gasteiger partial charge in [0.2, 0.25) is 0 Å². The van der Waals surface area contributed by atoms with Crippen LogP contribution in [0.4, 0.5) is 0 Å². The standard InChI is InChI=1S/C23H25N3/c1-22(2)18-10-5-8-16(24-18)14-15-17-9-6-11-19(25-17)23(3,4)21-13-7-12-20(22)26-21/h5-13H,14-15H2,1-4H3. The third-order valence-electron chi connectivity index (χ3n) is 5.56. The summed E-state index contributed by atoms with van der Waals surface area (Å²) in [5, 5.41) is 0. The summed E-state index contributed by atoms with van der Waals surface area (Å²) < 4.78 is 0. The van der Waals surface area contributed by atoms with Gasteiger partial charge >= 0.3 is 0 Å². The monoisotopic (exact) mass is 343 g/mol. The van der Waals surface area contributed by atoms with E-state index in [4.69, 9.17) is 15.0 Å². The van der Waals surface area contributed by atoms with Crippen LogP contribution in [-0.4, -0.2) is 15.0 Å². The van der Waals surface area contributed by atoms with Gasteiger partial charge in [0.1, 0.15) is 0 Å². The quantitative estimate of drug-likeness (QED) is 0.598. The van der Waals surface area contributed by atoms with Crippen LogP contribution in [0, 0.1) is 0 Å². The van der Waals surface area contributed by atoms with Crippen molar-refractivity contribution in [2.24, 2.45) is 0 Å². The molecule has 4 heterocycles. The van der Waals surface area contributed by atoms with Crippen molar-refractivity contribution in [2.45, 2.75) is 51.4 Å². The lowest BCUT2D eigenvalue weighted by Crippen LogP contribution is -2.27. The average Bonchev–Trinajstić information content (AvgIpc) is 2.66. The first-order chi connectivity index (χ1) is 12.4. The van der Waals surface area contributed by atoms with Gasteiger partial charge in [0, 0.05) is 22.2 Å². The van der Waals surface area contributed by atoms with Crippen LogP contribution in [0.2, 0.25) is 0 Å². The Morgan fingerprint density at radius 2 is 0.885 bits per heavy atom. The molecule has 0 amide bonds. The van der Waals surface area contributed by atoms with Crippen molar-refractivity contribution in [1.29, 1.82) is 0 Å². The number of nitrogens with zero attached hydrogens (tertiary/aromatic N) is 3. The van der Waals surface area contributed by atoms with Gasteiger partial charge in [0.05, 0.1) is 22.8 Å². The molecule has 0 aliphatic carbocycles. The fourth-order valence-corrected chi connectivity index (χ4v) is 3.58. The van der Waals surface area contributed by atoms with Crippen molar-refractivity contribution >= 4 is 0 Å². The van der Waals surface area contributed by atoms with Crippen LogP contribution < -0.4 is 0 Å². The predicted octanol–water partition coefficient (Wildman–Crippen LogP) is 4.62. The molecule has 0 spiro atoms. The van der Waals surface area contributed by atoms with Gasteiger partial charge in [-0.15, -0.1) is 0 Å². The second-order valence-corrected chi connectivity index (χ2v) is 8.19. The lowest BCUT2D eigenvalue weighted by Gasteiger charge is -2.28. The molecule has 26 heavy (non-hydrogen) atoms. The fourth-order valence-electron chi connectivity index (χ4n) is 3.58. The van der Waals surface area contributed by atoms with Gasteiger partial charge in [-0.25, -0.2) is 0 Å². The molecule has 0 N–H and O–H groups in total. The molecule has 1 aliphatic rings. The van der Waals surface area contributed by atoms with E-state index in [2.05, 4.69) is 82.3 Å². The third kappa shape index (κ3) is 2.82. The second kappa shape index (κ2) is 6.01. The van der Waals surface area contributed by atoms with Crippen LogP contribution in [0.3, 0.4) is 0 Å². The Kier molecular flexibility index (Phi) is 3.91. The normalized spacial score (nSPS) is 17.5. The summed E-state index contributed by atoms with van der Waals surface area (Å²) in [4.78, 5) is 15.0. The Bertz CT molecular complexity index is 882. The highest BCUT2D eigenvalue weighted by atomic mass is 14.8. The van der Waals surface area contributed by atoms with E-state index < -0.39 is 0 Å². The van der Waals surface area contributed by atoms with E-state index in [1.54, 1.807) is 0 Å². The van der Waals surface area contributed by atoms with Gasteiger partial charge in [-0.2, -0.15) is 0 Å². The Labute approximate surface area is 155 Å². The summed E-state index contributed by atoms with van der Waals surface area (Å²) in [5.74, 6) is 0. The SMILES string of the molecule is CC1(C)c2cccc(n2)CCc2cccc(n2)C(C)(C)c2cccc1n2. The topological polar surface area (TPSA) is 38.7 Å². The van der Waals surface area contributed by atoms with E-state index in [1.165, 1.54) is 0 Å². The smallest absolute Gasteiger partial charge is 0.0523 e. The van der Waals surface area contributed by atoms with Crippen LogP contribution in [0.1, 0.15) is 61.9 Å². The summed E-state index contributed by atoms with van der Waals surface area (Å²) in [6, 6.07) is 19.0. The third-order valence-corrected chi connectivity index (χ3v) is 5.56. The van der Waals surface area contributed by atoms with Crippen molar-refractivity contribution in [3.8, 4) is 0 Å². The van der Waals surface area contributed by atoms with Crippen LogP contribution in [0.25, 0.3) is 0 Å². The Hall–Kier alpha value is -2.55. The zero-order valence-corrected chi connectivity index (χ0v) is 16.0. The first-order valence-corrected chi connectivity index (χ1v) is 9.28. The van der Waals surface area contributed by atoms with Gasteiger partial charge in [-0.05, 0) is 76.9 Å². The van der Waals surface area contributed by atoms with E-state index in [-0.39, 0.29) is 10.8 Å². The minimum atomic E-state index is -0.248. The van der Waals surface area contributed by atoms with Crippen molar-refractivity contribution in [3.63, 3.8) is 0 Å². The molecule has 3 aromatic rings. The first-order valence-electron chi connectivity index (χ1n) is 9.28. The number of hydrogen-bond acceptors (Lipinski definition) is 3. The van der Waals surface area contributed by atoms with Crippen LogP contribution in [-0.2, 0) is 23.7 Å². The molecule has 1 aliphatic heterocycles. The second-order valence-electron chi connectivity index (χ2n) is 8.19. The maximum absolute atomic E-state index is 5.07. The van der Waals surface area contributed by atoms with E-state index in [0.717, 1.165) is 47.0 Å². The van der Waals surface area contributed by atoms with Gasteiger partial charge in [-0.1, -0.05) is 18.2 Å². The Morgan fingerprint density at radius 1 is 0.538 bits per heavy atom. The highest BCUT2D eigenvalue weighted by molar-refractivity contribution is 5.36. The van der Waals surface area contributed by atoms with Crippen LogP contribution >= 0.6 is 0 Å². The molecular formula is C23H25N3. The van der Waals surface area contributed by atoms with Crippen molar-refractivity contribution < 1.29 is 0 Å². The van der Waals surface area contributed by atoms with Gasteiger partial charge in [0.25, 0.3) is 0 Å². The molecule has 0 unspecified atom stereocenters. The maximum atomic E-state index is 5.07. The zero-order valence-electron chi connectivity index (χ0n) is 16.0. The Balaban J connectivity index is 1.97. The van der Waals surface area contributed by atoms with Gasteiger partial charge in [0.15, 0.2) is 0 Å². The van der Waals surface area contributed by atoms with Crippen LogP contribution in [0.15, 0.2) is 54.6 Å².